The molecule has 0 aromatic heterocycles. The van der Waals surface area contributed by atoms with Crippen LogP contribution in [0.2, 0.25) is 0 Å². The Bertz CT molecular complexity index is 1170. The van der Waals surface area contributed by atoms with Crippen molar-refractivity contribution < 1.29 is 35.5 Å². The minimum Gasteiger partial charge on any atom is -0.339 e. The van der Waals surface area contributed by atoms with Crippen LogP contribution in [0, 0.1) is 18.7 Å². The monoisotopic (exact) mass is 572 g/mol. The highest BCUT2D eigenvalue weighted by atomic mass is 19.4. The van der Waals surface area contributed by atoms with Crippen molar-refractivity contribution in [3.05, 3.63) is 70.0 Å². The van der Waals surface area contributed by atoms with Crippen molar-refractivity contribution in [3.63, 3.8) is 0 Å². The summed E-state index contributed by atoms with van der Waals surface area (Å²) in [5, 5.41) is 0. The molecule has 3 atom stereocenters. The van der Waals surface area contributed by atoms with E-state index < -0.39 is 35.4 Å². The third-order valence-corrected chi connectivity index (χ3v) is 8.70. The number of hydrogen-bond donors (Lipinski definition) is 0. The average Bonchev–Trinajstić information content (AvgIpc) is 2.91. The summed E-state index contributed by atoms with van der Waals surface area (Å²) < 4.78 is 94.7. The van der Waals surface area contributed by atoms with Crippen LogP contribution in [0.5, 0.6) is 0 Å². The van der Waals surface area contributed by atoms with E-state index in [-0.39, 0.29) is 29.3 Å². The number of carbonyl (C=O) groups excluding carboxylic acids is 1. The fraction of sp³-hybridized carbons (Fsp3) is 0.567. The van der Waals surface area contributed by atoms with Crippen LogP contribution in [-0.2, 0) is 17.1 Å². The van der Waals surface area contributed by atoms with Crippen LogP contribution in [0.15, 0.2) is 36.4 Å². The standard InChI is InChI=1S/C30H35F7N2O/c1-18-13-23(31)9-10-25(18)27-17-39(24-7-5-4-6-8-24)12-11-26(27)28(40)38(3)19(2)20-14-21(29(32,33)34)16-22(15-20)30(35,36)37/h9-10,13-16,19,24,26-27H,4-8,11-12,17H2,1-3H3/t19-,26-,27+/m0/s1. The number of benzene rings is 2. The third kappa shape index (κ3) is 6.64. The Morgan fingerprint density at radius 1 is 0.925 bits per heavy atom. The molecular formula is C30H35F7N2O. The maximum absolute atomic E-state index is 13.9. The van der Waals surface area contributed by atoms with Crippen LogP contribution in [0.1, 0.15) is 85.2 Å². The minimum absolute atomic E-state index is 0.0897. The molecule has 0 radical (unpaired) electrons. The van der Waals surface area contributed by atoms with Gasteiger partial charge in [0.05, 0.1) is 17.2 Å². The number of amides is 1. The van der Waals surface area contributed by atoms with E-state index in [1.165, 1.54) is 37.4 Å². The van der Waals surface area contributed by atoms with Gasteiger partial charge in [-0.15, -0.1) is 0 Å². The first-order valence-electron chi connectivity index (χ1n) is 13.7. The van der Waals surface area contributed by atoms with E-state index >= 15 is 0 Å². The summed E-state index contributed by atoms with van der Waals surface area (Å²) in [5.74, 6) is -1.58. The number of likely N-dealkylation sites (tertiary alicyclic amines) is 1. The maximum atomic E-state index is 13.9. The molecule has 0 bridgehead atoms. The van der Waals surface area contributed by atoms with Crippen LogP contribution in [-0.4, -0.2) is 41.9 Å². The highest BCUT2D eigenvalue weighted by molar-refractivity contribution is 5.80. The first kappa shape index (κ1) is 30.3. The van der Waals surface area contributed by atoms with Gasteiger partial charge in [-0.25, -0.2) is 4.39 Å². The summed E-state index contributed by atoms with van der Waals surface area (Å²) in [6.45, 7) is 4.47. The van der Waals surface area contributed by atoms with E-state index in [0.717, 1.165) is 31.2 Å². The topological polar surface area (TPSA) is 23.6 Å². The van der Waals surface area contributed by atoms with E-state index in [4.69, 9.17) is 0 Å². The van der Waals surface area contributed by atoms with Gasteiger partial charge in [-0.05, 0) is 86.7 Å². The number of carbonyl (C=O) groups is 1. The number of aryl methyl sites for hydroxylation is 1. The molecule has 1 aliphatic carbocycles. The predicted molar refractivity (Wildman–Crippen MR) is 138 cm³/mol. The molecule has 4 rings (SSSR count). The van der Waals surface area contributed by atoms with Gasteiger partial charge in [0.25, 0.3) is 0 Å². The van der Waals surface area contributed by atoms with E-state index in [9.17, 15) is 35.5 Å². The summed E-state index contributed by atoms with van der Waals surface area (Å²) in [6, 6.07) is 5.27. The predicted octanol–water partition coefficient (Wildman–Crippen LogP) is 8.13. The Kier molecular flexibility index (Phi) is 8.88. The largest absolute Gasteiger partial charge is 0.416 e. The molecule has 2 fully saturated rings. The number of hydrogen-bond acceptors (Lipinski definition) is 2. The fourth-order valence-electron chi connectivity index (χ4n) is 6.32. The molecule has 10 heteroatoms. The second kappa shape index (κ2) is 11.7. The molecule has 1 amide bonds. The van der Waals surface area contributed by atoms with Crippen molar-refractivity contribution in [2.45, 2.75) is 82.7 Å². The van der Waals surface area contributed by atoms with Crippen LogP contribution in [0.3, 0.4) is 0 Å². The molecule has 2 aliphatic rings. The molecule has 2 aromatic rings. The highest BCUT2D eigenvalue weighted by Gasteiger charge is 2.41. The van der Waals surface area contributed by atoms with Gasteiger partial charge in [0.1, 0.15) is 5.82 Å². The molecule has 3 nitrogen and oxygen atoms in total. The molecule has 1 aliphatic heterocycles. The molecule has 40 heavy (non-hydrogen) atoms. The zero-order valence-corrected chi connectivity index (χ0v) is 22.9. The summed E-state index contributed by atoms with van der Waals surface area (Å²) in [7, 11) is 1.42. The van der Waals surface area contributed by atoms with E-state index in [0.29, 0.717) is 43.2 Å². The number of halogens is 7. The molecule has 2 aromatic carbocycles. The summed E-state index contributed by atoms with van der Waals surface area (Å²) in [4.78, 5) is 17.6. The van der Waals surface area contributed by atoms with Gasteiger partial charge in [-0.1, -0.05) is 25.3 Å². The Labute approximate surface area is 230 Å². The summed E-state index contributed by atoms with van der Waals surface area (Å²) in [6.07, 6.45) is -3.85. The lowest BCUT2D eigenvalue weighted by Crippen LogP contribution is -2.50. The van der Waals surface area contributed by atoms with Crippen molar-refractivity contribution in [2.24, 2.45) is 5.92 Å². The highest BCUT2D eigenvalue weighted by Crippen LogP contribution is 2.41. The second-order valence-corrected chi connectivity index (χ2v) is 11.3. The second-order valence-electron chi connectivity index (χ2n) is 11.3. The molecular weight excluding hydrogens is 537 g/mol. The van der Waals surface area contributed by atoms with Gasteiger partial charge in [0.15, 0.2) is 0 Å². The van der Waals surface area contributed by atoms with Gasteiger partial charge in [0.2, 0.25) is 5.91 Å². The molecule has 1 saturated heterocycles. The van der Waals surface area contributed by atoms with Crippen molar-refractivity contribution in [2.75, 3.05) is 20.1 Å². The lowest BCUT2D eigenvalue weighted by atomic mass is 9.77. The number of piperidine rings is 1. The van der Waals surface area contributed by atoms with E-state index in [1.54, 1.807) is 13.0 Å². The molecule has 0 N–H and O–H groups in total. The van der Waals surface area contributed by atoms with Gasteiger partial charge >= 0.3 is 12.4 Å². The number of nitrogens with zero attached hydrogens (tertiary/aromatic N) is 2. The van der Waals surface area contributed by atoms with Crippen molar-refractivity contribution in [1.82, 2.24) is 9.80 Å². The van der Waals surface area contributed by atoms with Crippen LogP contribution in [0.25, 0.3) is 0 Å². The van der Waals surface area contributed by atoms with Gasteiger partial charge < -0.3 is 4.90 Å². The quantitative estimate of drug-likeness (QED) is 0.338. The third-order valence-electron chi connectivity index (χ3n) is 8.70. The Balaban J connectivity index is 1.65. The Hall–Kier alpha value is -2.62. The Morgan fingerprint density at radius 2 is 1.52 bits per heavy atom. The minimum atomic E-state index is -4.98. The first-order chi connectivity index (χ1) is 18.7. The van der Waals surface area contributed by atoms with Crippen LogP contribution >= 0.6 is 0 Å². The van der Waals surface area contributed by atoms with E-state index in [2.05, 4.69) is 4.90 Å². The van der Waals surface area contributed by atoms with Crippen molar-refractivity contribution >= 4 is 5.91 Å². The number of alkyl halides is 6. The van der Waals surface area contributed by atoms with Crippen molar-refractivity contribution in [1.29, 1.82) is 0 Å². The van der Waals surface area contributed by atoms with E-state index in [1.807, 2.05) is 0 Å². The summed E-state index contributed by atoms with van der Waals surface area (Å²) >= 11 is 0. The molecule has 0 unspecified atom stereocenters. The fourth-order valence-corrected chi connectivity index (χ4v) is 6.32. The van der Waals surface area contributed by atoms with Crippen LogP contribution < -0.4 is 0 Å². The zero-order chi connectivity index (χ0) is 29.4. The molecule has 0 spiro atoms. The normalized spacial score (nSPS) is 22.2. The van der Waals surface area contributed by atoms with Gasteiger partial charge in [-0.3, -0.25) is 9.69 Å². The average molecular weight is 573 g/mol. The zero-order valence-electron chi connectivity index (χ0n) is 22.9. The molecule has 220 valence electrons. The van der Waals surface area contributed by atoms with Crippen molar-refractivity contribution in [3.8, 4) is 0 Å². The maximum Gasteiger partial charge on any atom is 0.416 e. The van der Waals surface area contributed by atoms with Gasteiger partial charge in [-0.2, -0.15) is 26.3 Å². The summed E-state index contributed by atoms with van der Waals surface area (Å²) in [5.41, 5.74) is -1.53. The smallest absolute Gasteiger partial charge is 0.339 e. The number of rotatable bonds is 5. The van der Waals surface area contributed by atoms with Gasteiger partial charge in [0, 0.05) is 31.5 Å². The Morgan fingerprint density at radius 3 is 2.08 bits per heavy atom. The van der Waals surface area contributed by atoms with Crippen LogP contribution in [0.4, 0.5) is 30.7 Å². The lowest BCUT2D eigenvalue weighted by molar-refractivity contribution is -0.143. The SMILES string of the molecule is Cc1cc(F)ccc1[C@H]1CN(C2CCCCC2)CC[C@@H]1C(=O)N(C)[C@@H](C)c1cc(C(F)(F)F)cc(C(F)(F)F)c1. The lowest BCUT2D eigenvalue weighted by Gasteiger charge is -2.44. The molecule has 1 heterocycles. The first-order valence-corrected chi connectivity index (χ1v) is 13.7. The molecule has 1 saturated carbocycles.